The average molecular weight is 331 g/mol. The first-order valence-electron chi connectivity index (χ1n) is 8.16. The Hall–Kier alpha value is -2.48. The first-order valence-corrected chi connectivity index (χ1v) is 8.16. The molecule has 2 fully saturated rings. The van der Waals surface area contributed by atoms with E-state index in [1.165, 1.54) is 6.20 Å². The lowest BCUT2D eigenvalue weighted by Gasteiger charge is -2.36. The highest BCUT2D eigenvalue weighted by Gasteiger charge is 2.35. The third kappa shape index (κ3) is 3.53. The molecule has 2 saturated heterocycles. The number of hydrogen-bond donors (Lipinski definition) is 3. The van der Waals surface area contributed by atoms with Crippen LogP contribution in [0.2, 0.25) is 0 Å². The van der Waals surface area contributed by atoms with Gasteiger partial charge in [-0.2, -0.15) is 0 Å². The van der Waals surface area contributed by atoms with Gasteiger partial charge in [0, 0.05) is 38.6 Å². The molecule has 2 aliphatic rings. The van der Waals surface area contributed by atoms with E-state index in [9.17, 15) is 14.4 Å². The second-order valence-electron chi connectivity index (χ2n) is 5.95. The molecule has 8 nitrogen and oxygen atoms in total. The zero-order valence-electron chi connectivity index (χ0n) is 13.3. The minimum absolute atomic E-state index is 0.163. The number of rotatable bonds is 3. The van der Waals surface area contributed by atoms with E-state index in [0.717, 1.165) is 6.42 Å². The Bertz CT molecular complexity index is 621. The lowest BCUT2D eigenvalue weighted by atomic mass is 10.1. The smallest absolute Gasteiger partial charge is 0.256 e. The molecule has 0 saturated carbocycles. The van der Waals surface area contributed by atoms with Gasteiger partial charge < -0.3 is 20.9 Å². The van der Waals surface area contributed by atoms with Gasteiger partial charge in [0.05, 0.1) is 5.56 Å². The van der Waals surface area contributed by atoms with Crippen molar-refractivity contribution in [3.63, 3.8) is 0 Å². The van der Waals surface area contributed by atoms with Crippen LogP contribution in [0.15, 0.2) is 24.5 Å². The number of nitrogens with zero attached hydrogens (tertiary/aromatic N) is 2. The number of pyridine rings is 1. The second kappa shape index (κ2) is 7.39. The summed E-state index contributed by atoms with van der Waals surface area (Å²) in [5.74, 6) is -0.692. The van der Waals surface area contributed by atoms with Crippen LogP contribution < -0.4 is 16.0 Å². The Morgan fingerprint density at radius 1 is 1.33 bits per heavy atom. The SMILES string of the molecule is O=C(N[C@@H]1CCCNC1=O)[C@H]1CNCCN1C(=O)c1cccnc1. The Morgan fingerprint density at radius 2 is 2.21 bits per heavy atom. The van der Waals surface area contributed by atoms with Gasteiger partial charge >= 0.3 is 0 Å². The lowest BCUT2D eigenvalue weighted by molar-refractivity contribution is -0.132. The lowest BCUT2D eigenvalue weighted by Crippen LogP contribution is -2.62. The summed E-state index contributed by atoms with van der Waals surface area (Å²) in [5.41, 5.74) is 0.451. The Balaban J connectivity index is 1.70. The number of carbonyl (C=O) groups excluding carboxylic acids is 3. The van der Waals surface area contributed by atoms with Crippen molar-refractivity contribution in [1.82, 2.24) is 25.8 Å². The summed E-state index contributed by atoms with van der Waals surface area (Å²) < 4.78 is 0. The average Bonchev–Trinajstić information content (AvgIpc) is 2.63. The van der Waals surface area contributed by atoms with Crippen LogP contribution >= 0.6 is 0 Å². The van der Waals surface area contributed by atoms with E-state index in [-0.39, 0.29) is 17.7 Å². The molecule has 128 valence electrons. The Labute approximate surface area is 140 Å². The summed E-state index contributed by atoms with van der Waals surface area (Å²) in [6.07, 6.45) is 4.54. The molecular formula is C16H21N5O3. The van der Waals surface area contributed by atoms with Gasteiger partial charge in [-0.3, -0.25) is 19.4 Å². The summed E-state index contributed by atoms with van der Waals surface area (Å²) in [6, 6.07) is 2.21. The van der Waals surface area contributed by atoms with Crippen LogP contribution in [-0.2, 0) is 9.59 Å². The van der Waals surface area contributed by atoms with E-state index in [4.69, 9.17) is 0 Å². The molecule has 0 spiro atoms. The van der Waals surface area contributed by atoms with Gasteiger partial charge in [0.25, 0.3) is 5.91 Å². The van der Waals surface area contributed by atoms with Gasteiger partial charge in [0.1, 0.15) is 12.1 Å². The number of piperazine rings is 1. The zero-order chi connectivity index (χ0) is 16.9. The fraction of sp³-hybridized carbons (Fsp3) is 0.500. The molecule has 3 amide bonds. The molecule has 2 aliphatic heterocycles. The van der Waals surface area contributed by atoms with E-state index in [1.807, 2.05) is 0 Å². The van der Waals surface area contributed by atoms with Crippen LogP contribution in [-0.4, -0.2) is 65.9 Å². The van der Waals surface area contributed by atoms with Crippen LogP contribution in [0.3, 0.4) is 0 Å². The van der Waals surface area contributed by atoms with E-state index in [1.54, 1.807) is 23.2 Å². The van der Waals surface area contributed by atoms with Crippen LogP contribution in [0.5, 0.6) is 0 Å². The topological polar surface area (TPSA) is 103 Å². The van der Waals surface area contributed by atoms with Crippen molar-refractivity contribution < 1.29 is 14.4 Å². The summed E-state index contributed by atoms with van der Waals surface area (Å²) in [4.78, 5) is 42.6. The number of aromatic nitrogens is 1. The second-order valence-corrected chi connectivity index (χ2v) is 5.95. The molecule has 3 N–H and O–H groups in total. The fourth-order valence-electron chi connectivity index (χ4n) is 3.01. The van der Waals surface area contributed by atoms with Gasteiger partial charge in [0.15, 0.2) is 0 Å². The quantitative estimate of drug-likeness (QED) is 0.652. The van der Waals surface area contributed by atoms with Gasteiger partial charge in [0.2, 0.25) is 11.8 Å². The highest BCUT2D eigenvalue weighted by molar-refractivity contribution is 5.98. The molecule has 0 unspecified atom stereocenters. The molecule has 8 heteroatoms. The van der Waals surface area contributed by atoms with Crippen LogP contribution in [0.25, 0.3) is 0 Å². The number of carbonyl (C=O) groups is 3. The van der Waals surface area contributed by atoms with Crippen LogP contribution in [0, 0.1) is 0 Å². The molecule has 24 heavy (non-hydrogen) atoms. The van der Waals surface area contributed by atoms with Gasteiger partial charge in [-0.25, -0.2) is 0 Å². The molecule has 3 heterocycles. The minimum atomic E-state index is -0.638. The van der Waals surface area contributed by atoms with E-state index < -0.39 is 12.1 Å². The zero-order valence-corrected chi connectivity index (χ0v) is 13.3. The van der Waals surface area contributed by atoms with Crippen LogP contribution in [0.4, 0.5) is 0 Å². The van der Waals surface area contributed by atoms with E-state index in [0.29, 0.717) is 38.2 Å². The highest BCUT2D eigenvalue weighted by Crippen LogP contribution is 2.11. The maximum absolute atomic E-state index is 12.7. The largest absolute Gasteiger partial charge is 0.354 e. The number of nitrogens with one attached hydrogen (secondary N) is 3. The Morgan fingerprint density at radius 3 is 2.96 bits per heavy atom. The predicted octanol–water partition coefficient (Wildman–Crippen LogP) is -1.11. The molecule has 1 aromatic rings. The van der Waals surface area contributed by atoms with E-state index >= 15 is 0 Å². The molecule has 0 bridgehead atoms. The summed E-state index contributed by atoms with van der Waals surface area (Å²) in [7, 11) is 0. The van der Waals surface area contributed by atoms with Crippen LogP contribution in [0.1, 0.15) is 23.2 Å². The number of piperidine rings is 1. The number of hydrogen-bond acceptors (Lipinski definition) is 5. The van der Waals surface area contributed by atoms with Crippen molar-refractivity contribution >= 4 is 17.7 Å². The minimum Gasteiger partial charge on any atom is -0.354 e. The van der Waals surface area contributed by atoms with Gasteiger partial charge in [-0.05, 0) is 25.0 Å². The Kier molecular flexibility index (Phi) is 5.05. The summed E-state index contributed by atoms with van der Waals surface area (Å²) in [6.45, 7) is 2.07. The third-order valence-corrected chi connectivity index (χ3v) is 4.32. The van der Waals surface area contributed by atoms with Crippen molar-refractivity contribution in [3.05, 3.63) is 30.1 Å². The molecule has 3 rings (SSSR count). The van der Waals surface area contributed by atoms with Crippen molar-refractivity contribution in [3.8, 4) is 0 Å². The standard InChI is InChI=1S/C16H21N5O3/c22-14-12(4-2-6-19-14)20-15(23)13-10-18-7-8-21(13)16(24)11-3-1-5-17-9-11/h1,3,5,9,12-13,18H,2,4,6-8,10H2,(H,19,22)(H,20,23)/t12-,13-/m1/s1. The van der Waals surface area contributed by atoms with E-state index in [2.05, 4.69) is 20.9 Å². The monoisotopic (exact) mass is 331 g/mol. The van der Waals surface area contributed by atoms with Gasteiger partial charge in [-0.1, -0.05) is 0 Å². The predicted molar refractivity (Wildman–Crippen MR) is 86.1 cm³/mol. The van der Waals surface area contributed by atoms with Crippen molar-refractivity contribution in [2.24, 2.45) is 0 Å². The first-order chi connectivity index (χ1) is 11.7. The van der Waals surface area contributed by atoms with Crippen molar-refractivity contribution in [2.75, 3.05) is 26.2 Å². The van der Waals surface area contributed by atoms with Crippen molar-refractivity contribution in [1.29, 1.82) is 0 Å². The molecular weight excluding hydrogens is 310 g/mol. The molecule has 2 atom stereocenters. The van der Waals surface area contributed by atoms with Gasteiger partial charge in [-0.15, -0.1) is 0 Å². The molecule has 0 aliphatic carbocycles. The maximum Gasteiger partial charge on any atom is 0.256 e. The molecule has 0 aromatic carbocycles. The summed E-state index contributed by atoms with van der Waals surface area (Å²) in [5, 5.41) is 8.65. The normalized spacial score (nSPS) is 24.2. The number of amides is 3. The first kappa shape index (κ1) is 16.4. The fourth-order valence-corrected chi connectivity index (χ4v) is 3.01. The highest BCUT2D eigenvalue weighted by atomic mass is 16.2. The molecule has 0 radical (unpaired) electrons. The molecule has 1 aromatic heterocycles. The maximum atomic E-state index is 12.7. The van der Waals surface area contributed by atoms with Crippen molar-refractivity contribution in [2.45, 2.75) is 24.9 Å². The summed E-state index contributed by atoms with van der Waals surface area (Å²) >= 11 is 0. The third-order valence-electron chi connectivity index (χ3n) is 4.32.